The molecule has 132 valence electrons. The number of primary amides is 1. The van der Waals surface area contributed by atoms with Gasteiger partial charge in [0.05, 0.1) is 15.6 Å². The van der Waals surface area contributed by atoms with Gasteiger partial charge in [0.2, 0.25) is 0 Å². The van der Waals surface area contributed by atoms with Gasteiger partial charge in [-0.2, -0.15) is 0 Å². The van der Waals surface area contributed by atoms with Gasteiger partial charge < -0.3 is 20.9 Å². The van der Waals surface area contributed by atoms with Gasteiger partial charge in [-0.25, -0.2) is 4.39 Å². The van der Waals surface area contributed by atoms with Crippen LogP contribution in [0.25, 0.3) is 10.9 Å². The first-order valence-corrected chi connectivity index (χ1v) is 8.28. The van der Waals surface area contributed by atoms with E-state index in [9.17, 15) is 29.0 Å². The normalized spacial score (nSPS) is 16.8. The number of carboxylic acids is 2. The molecule has 9 heteroatoms. The predicted molar refractivity (Wildman–Crippen MR) is 88.8 cm³/mol. The number of fused-ring (bicyclic) bond motifs is 3. The molecule has 7 nitrogen and oxygen atoms in total. The van der Waals surface area contributed by atoms with Crippen LogP contribution in [0.15, 0.2) is 10.5 Å². The Labute approximate surface area is 149 Å². The van der Waals surface area contributed by atoms with Crippen molar-refractivity contribution in [3.05, 3.63) is 33.2 Å². The lowest BCUT2D eigenvalue weighted by Gasteiger charge is -2.25. The van der Waals surface area contributed by atoms with Gasteiger partial charge in [0.1, 0.15) is 5.82 Å². The molecule has 1 amide bonds. The van der Waals surface area contributed by atoms with E-state index in [4.69, 9.17) is 5.73 Å². The Bertz CT molecular complexity index is 909. The van der Waals surface area contributed by atoms with Gasteiger partial charge in [-0.1, -0.05) is 0 Å². The summed E-state index contributed by atoms with van der Waals surface area (Å²) in [6.45, 7) is 0. The van der Waals surface area contributed by atoms with Gasteiger partial charge in [0.25, 0.3) is 5.91 Å². The highest BCUT2D eigenvalue weighted by Gasteiger charge is 2.38. The van der Waals surface area contributed by atoms with Crippen molar-refractivity contribution in [3.63, 3.8) is 0 Å². The van der Waals surface area contributed by atoms with Gasteiger partial charge in [0.15, 0.2) is 5.92 Å². The summed E-state index contributed by atoms with van der Waals surface area (Å²) in [5, 5.41) is 18.8. The minimum Gasteiger partial charge on any atom is -0.481 e. The number of hydrogen-bond donors (Lipinski definition) is 4. The second kappa shape index (κ2) is 6.14. The third kappa shape index (κ3) is 2.78. The average Bonchev–Trinajstić information content (AvgIpc) is 2.88. The van der Waals surface area contributed by atoms with Crippen molar-refractivity contribution >= 4 is 44.7 Å². The van der Waals surface area contributed by atoms with Gasteiger partial charge in [-0.15, -0.1) is 0 Å². The molecular weight excluding hydrogens is 399 g/mol. The van der Waals surface area contributed by atoms with Crippen molar-refractivity contribution in [2.75, 3.05) is 0 Å². The number of nitrogens with one attached hydrogen (secondary N) is 1. The highest BCUT2D eigenvalue weighted by Crippen LogP contribution is 2.40. The lowest BCUT2D eigenvalue weighted by molar-refractivity contribution is -0.157. The Morgan fingerprint density at radius 3 is 2.52 bits per heavy atom. The second-order valence-corrected chi connectivity index (χ2v) is 6.87. The maximum absolute atomic E-state index is 14.1. The van der Waals surface area contributed by atoms with E-state index in [2.05, 4.69) is 20.9 Å². The summed E-state index contributed by atoms with van der Waals surface area (Å²) in [6.07, 6.45) is 0.884. The van der Waals surface area contributed by atoms with Crippen LogP contribution in [0, 0.1) is 17.7 Å². The average molecular weight is 413 g/mol. The van der Waals surface area contributed by atoms with Crippen LogP contribution in [0.5, 0.6) is 0 Å². The van der Waals surface area contributed by atoms with Crippen molar-refractivity contribution < 1.29 is 29.0 Å². The fourth-order valence-corrected chi connectivity index (χ4v) is 4.10. The van der Waals surface area contributed by atoms with Crippen LogP contribution in [-0.2, 0) is 22.4 Å². The number of carboxylic acid groups (broad SMARTS) is 2. The summed E-state index contributed by atoms with van der Waals surface area (Å²) in [5.74, 6) is -6.31. The molecule has 0 saturated carbocycles. The van der Waals surface area contributed by atoms with Gasteiger partial charge >= 0.3 is 11.9 Å². The Hall–Kier alpha value is -2.42. The van der Waals surface area contributed by atoms with E-state index in [0.29, 0.717) is 29.4 Å². The number of benzene rings is 1. The quantitative estimate of drug-likeness (QED) is 0.570. The van der Waals surface area contributed by atoms with Crippen LogP contribution in [0.2, 0.25) is 0 Å². The van der Waals surface area contributed by atoms with E-state index >= 15 is 0 Å². The molecule has 0 bridgehead atoms. The van der Waals surface area contributed by atoms with E-state index in [0.717, 1.165) is 11.6 Å². The summed E-state index contributed by atoms with van der Waals surface area (Å²) in [7, 11) is 0. The van der Waals surface area contributed by atoms with Crippen LogP contribution >= 0.6 is 15.9 Å². The third-order valence-electron chi connectivity index (χ3n) is 4.66. The number of rotatable bonds is 4. The summed E-state index contributed by atoms with van der Waals surface area (Å²) < 4.78 is 14.3. The maximum Gasteiger partial charge on any atom is 0.318 e. The molecule has 0 aliphatic heterocycles. The SMILES string of the molecule is NC(=O)c1cc(F)c(Br)c2c3c([nH]c12)CC(C(C(=O)O)C(=O)O)CC3. The first kappa shape index (κ1) is 17.4. The summed E-state index contributed by atoms with van der Waals surface area (Å²) in [6, 6.07) is 1.03. The van der Waals surface area contributed by atoms with Crippen LogP contribution in [0.1, 0.15) is 28.0 Å². The van der Waals surface area contributed by atoms with Crippen molar-refractivity contribution in [2.45, 2.75) is 19.3 Å². The number of amides is 1. The van der Waals surface area contributed by atoms with E-state index in [1.165, 1.54) is 0 Å². The monoisotopic (exact) mass is 412 g/mol. The van der Waals surface area contributed by atoms with E-state index in [1.54, 1.807) is 0 Å². The predicted octanol–water partition coefficient (Wildman–Crippen LogP) is 2.06. The van der Waals surface area contributed by atoms with Crippen molar-refractivity contribution in [1.82, 2.24) is 4.98 Å². The maximum atomic E-state index is 14.1. The molecule has 1 heterocycles. The minimum atomic E-state index is -1.52. The number of halogens is 2. The molecule has 1 atom stereocenters. The van der Waals surface area contributed by atoms with Crippen LogP contribution in [0.3, 0.4) is 0 Å². The molecule has 1 unspecified atom stereocenters. The van der Waals surface area contributed by atoms with Crippen molar-refractivity contribution in [2.24, 2.45) is 17.6 Å². The fraction of sp³-hybridized carbons (Fsp3) is 0.312. The fourth-order valence-electron chi connectivity index (χ4n) is 3.55. The molecule has 0 radical (unpaired) electrons. The number of aryl methyl sites for hydroxylation is 1. The third-order valence-corrected chi connectivity index (χ3v) is 5.44. The highest BCUT2D eigenvalue weighted by molar-refractivity contribution is 9.10. The zero-order valence-corrected chi connectivity index (χ0v) is 14.4. The number of carbonyl (C=O) groups excluding carboxylic acids is 1. The summed E-state index contributed by atoms with van der Waals surface area (Å²) in [4.78, 5) is 37.1. The molecule has 1 aromatic heterocycles. The molecule has 1 aliphatic carbocycles. The van der Waals surface area contributed by atoms with Gasteiger partial charge in [-0.05, 0) is 52.7 Å². The first-order chi connectivity index (χ1) is 11.7. The summed E-state index contributed by atoms with van der Waals surface area (Å²) in [5.41, 5.74) is 7.03. The molecule has 3 rings (SSSR count). The number of H-pyrrole nitrogens is 1. The minimum absolute atomic E-state index is 0.00494. The van der Waals surface area contributed by atoms with Crippen LogP contribution < -0.4 is 5.73 Å². The molecule has 25 heavy (non-hydrogen) atoms. The lowest BCUT2D eigenvalue weighted by atomic mass is 9.79. The second-order valence-electron chi connectivity index (χ2n) is 6.07. The number of nitrogens with two attached hydrogens (primary N) is 1. The van der Waals surface area contributed by atoms with Crippen molar-refractivity contribution in [3.8, 4) is 0 Å². The lowest BCUT2D eigenvalue weighted by Crippen LogP contribution is -2.34. The van der Waals surface area contributed by atoms with E-state index in [1.807, 2.05) is 0 Å². The standard InChI is InChI=1S/C16H14BrFN2O5/c17-12-8(18)4-7(14(19)21)13-11(12)6-2-1-5(3-9(6)20-13)10(15(22)23)16(24)25/h4-5,10,20H,1-3H2,(H2,19,21)(H,22,23)(H,24,25). The largest absolute Gasteiger partial charge is 0.481 e. The molecule has 2 aromatic rings. The first-order valence-electron chi connectivity index (χ1n) is 7.49. The molecular formula is C16H14BrFN2O5. The molecule has 5 N–H and O–H groups in total. The van der Waals surface area contributed by atoms with Crippen molar-refractivity contribution in [1.29, 1.82) is 0 Å². The summed E-state index contributed by atoms with van der Waals surface area (Å²) >= 11 is 3.18. The number of carbonyl (C=O) groups is 3. The molecule has 0 saturated heterocycles. The highest BCUT2D eigenvalue weighted by atomic mass is 79.9. The Morgan fingerprint density at radius 2 is 1.96 bits per heavy atom. The molecule has 0 fully saturated rings. The number of hydrogen-bond acceptors (Lipinski definition) is 3. The van der Waals surface area contributed by atoms with E-state index in [-0.39, 0.29) is 16.5 Å². The van der Waals surface area contributed by atoms with Gasteiger partial charge in [-0.3, -0.25) is 14.4 Å². The zero-order chi connectivity index (χ0) is 18.5. The van der Waals surface area contributed by atoms with Crippen LogP contribution in [-0.4, -0.2) is 33.0 Å². The number of aliphatic carboxylic acids is 2. The van der Waals surface area contributed by atoms with E-state index < -0.39 is 35.5 Å². The molecule has 1 aliphatic rings. The smallest absolute Gasteiger partial charge is 0.318 e. The number of aromatic nitrogens is 1. The Balaban J connectivity index is 2.13. The molecule has 0 spiro atoms. The number of aromatic amines is 1. The van der Waals surface area contributed by atoms with Crippen LogP contribution in [0.4, 0.5) is 4.39 Å². The zero-order valence-electron chi connectivity index (χ0n) is 12.8. The Morgan fingerprint density at radius 1 is 1.32 bits per heavy atom. The Kier molecular flexibility index (Phi) is 4.28. The topological polar surface area (TPSA) is 133 Å². The van der Waals surface area contributed by atoms with Gasteiger partial charge in [0, 0.05) is 11.1 Å². The molecule has 1 aromatic carbocycles.